The number of carbonyl (C=O) groups excluding carboxylic acids is 2. The number of nitrogens with one attached hydrogen (secondary N) is 2. The summed E-state index contributed by atoms with van der Waals surface area (Å²) in [5.41, 5.74) is 14.3. The second kappa shape index (κ2) is 5.45. The van der Waals surface area contributed by atoms with Gasteiger partial charge in [0.25, 0.3) is 0 Å². The SMILES string of the molecule is NC(=O)c1ccc2[nH]c(Cc3nc4cc(C(N)=O)ccc4[nH]3)nc2c1. The van der Waals surface area contributed by atoms with E-state index in [2.05, 4.69) is 19.9 Å². The molecule has 0 saturated carbocycles. The summed E-state index contributed by atoms with van der Waals surface area (Å²) in [7, 11) is 0. The molecule has 0 fully saturated rings. The lowest BCUT2D eigenvalue weighted by molar-refractivity contribution is 0.0992. The summed E-state index contributed by atoms with van der Waals surface area (Å²) in [6, 6.07) is 10.1. The Hall–Kier alpha value is -3.68. The Balaban J connectivity index is 1.67. The molecule has 0 spiro atoms. The van der Waals surface area contributed by atoms with Crippen molar-refractivity contribution in [2.75, 3.05) is 0 Å². The number of aromatic amines is 2. The number of aromatic nitrogens is 4. The molecule has 6 N–H and O–H groups in total. The van der Waals surface area contributed by atoms with Crippen molar-refractivity contribution in [1.29, 1.82) is 0 Å². The first-order valence-corrected chi connectivity index (χ1v) is 7.56. The maximum Gasteiger partial charge on any atom is 0.248 e. The van der Waals surface area contributed by atoms with Gasteiger partial charge in [-0.15, -0.1) is 0 Å². The van der Waals surface area contributed by atoms with Crippen LogP contribution >= 0.6 is 0 Å². The minimum atomic E-state index is -0.492. The highest BCUT2D eigenvalue weighted by Crippen LogP contribution is 2.18. The Labute approximate surface area is 141 Å². The molecule has 2 aromatic carbocycles. The quantitative estimate of drug-likeness (QED) is 0.445. The first-order valence-electron chi connectivity index (χ1n) is 7.56. The number of nitrogens with two attached hydrogens (primary N) is 2. The number of rotatable bonds is 4. The highest BCUT2D eigenvalue weighted by molar-refractivity contribution is 5.96. The molecule has 8 nitrogen and oxygen atoms in total. The average Bonchev–Trinajstić information content (AvgIpc) is 3.15. The molecule has 4 aromatic rings. The van der Waals surface area contributed by atoms with E-state index in [-0.39, 0.29) is 0 Å². The first kappa shape index (κ1) is 14.9. The highest BCUT2D eigenvalue weighted by Gasteiger charge is 2.10. The standard InChI is InChI=1S/C17H14N6O2/c18-16(24)8-1-3-10-12(5-8)22-14(20-10)7-15-21-11-4-2-9(17(19)25)6-13(11)23-15/h1-6H,7H2,(H2,18,24)(H2,19,25)(H,20,22)(H,21,23). The topological polar surface area (TPSA) is 144 Å². The van der Waals surface area contributed by atoms with E-state index >= 15 is 0 Å². The summed E-state index contributed by atoms with van der Waals surface area (Å²) >= 11 is 0. The molecule has 0 unspecified atom stereocenters. The Morgan fingerprint density at radius 2 is 1.24 bits per heavy atom. The number of hydrogen-bond acceptors (Lipinski definition) is 4. The van der Waals surface area contributed by atoms with E-state index in [1.54, 1.807) is 36.4 Å². The van der Waals surface area contributed by atoms with Crippen LogP contribution in [0, 0.1) is 0 Å². The second-order valence-corrected chi connectivity index (χ2v) is 5.74. The minimum absolute atomic E-state index is 0.410. The molecule has 124 valence electrons. The molecule has 2 aromatic heterocycles. The fraction of sp³-hybridized carbons (Fsp3) is 0.0588. The van der Waals surface area contributed by atoms with Crippen molar-refractivity contribution >= 4 is 33.9 Å². The lowest BCUT2D eigenvalue weighted by atomic mass is 10.2. The Morgan fingerprint density at radius 3 is 1.64 bits per heavy atom. The number of carbonyl (C=O) groups is 2. The van der Waals surface area contributed by atoms with Gasteiger partial charge in [0.2, 0.25) is 11.8 Å². The molecule has 0 aliphatic carbocycles. The molecular weight excluding hydrogens is 320 g/mol. The number of primary amides is 2. The van der Waals surface area contributed by atoms with Crippen molar-refractivity contribution in [3.8, 4) is 0 Å². The van der Waals surface area contributed by atoms with Crippen LogP contribution in [0.5, 0.6) is 0 Å². The maximum atomic E-state index is 11.3. The Bertz CT molecular complexity index is 1050. The Morgan fingerprint density at radius 1 is 0.800 bits per heavy atom. The number of amides is 2. The third kappa shape index (κ3) is 2.69. The van der Waals surface area contributed by atoms with Crippen LogP contribution in [0.2, 0.25) is 0 Å². The zero-order valence-electron chi connectivity index (χ0n) is 13.0. The minimum Gasteiger partial charge on any atom is -0.366 e. The predicted octanol–water partition coefficient (Wildman–Crippen LogP) is 1.23. The van der Waals surface area contributed by atoms with Crippen molar-refractivity contribution in [2.24, 2.45) is 11.5 Å². The molecule has 0 atom stereocenters. The molecule has 2 heterocycles. The van der Waals surface area contributed by atoms with Gasteiger partial charge in [0.05, 0.1) is 28.5 Å². The first-order chi connectivity index (χ1) is 12.0. The number of nitrogens with zero attached hydrogens (tertiary/aromatic N) is 2. The molecule has 0 radical (unpaired) electrons. The van der Waals surface area contributed by atoms with Crippen LogP contribution in [-0.2, 0) is 6.42 Å². The zero-order chi connectivity index (χ0) is 17.6. The lowest BCUT2D eigenvalue weighted by Gasteiger charge is -1.93. The molecule has 25 heavy (non-hydrogen) atoms. The highest BCUT2D eigenvalue weighted by atomic mass is 16.1. The normalized spacial score (nSPS) is 11.2. The second-order valence-electron chi connectivity index (χ2n) is 5.74. The van der Waals surface area contributed by atoms with Gasteiger partial charge in [0.15, 0.2) is 0 Å². The molecule has 0 aliphatic rings. The summed E-state index contributed by atoms with van der Waals surface area (Å²) < 4.78 is 0. The van der Waals surface area contributed by atoms with Gasteiger partial charge in [-0.1, -0.05) is 0 Å². The third-order valence-corrected chi connectivity index (χ3v) is 3.97. The van der Waals surface area contributed by atoms with Crippen molar-refractivity contribution in [3.63, 3.8) is 0 Å². The average molecular weight is 334 g/mol. The van der Waals surface area contributed by atoms with Crippen molar-refractivity contribution in [3.05, 3.63) is 59.2 Å². The fourth-order valence-electron chi connectivity index (χ4n) is 2.75. The summed E-state index contributed by atoms with van der Waals surface area (Å²) in [5, 5.41) is 0. The maximum absolute atomic E-state index is 11.3. The van der Waals surface area contributed by atoms with E-state index in [1.165, 1.54) is 0 Å². The monoisotopic (exact) mass is 334 g/mol. The fourth-order valence-corrected chi connectivity index (χ4v) is 2.75. The Kier molecular flexibility index (Phi) is 3.24. The largest absolute Gasteiger partial charge is 0.366 e. The van der Waals surface area contributed by atoms with Gasteiger partial charge in [0, 0.05) is 11.1 Å². The lowest BCUT2D eigenvalue weighted by Crippen LogP contribution is -2.10. The van der Waals surface area contributed by atoms with Gasteiger partial charge in [-0.2, -0.15) is 0 Å². The summed E-state index contributed by atoms with van der Waals surface area (Å²) in [5.74, 6) is 0.416. The van der Waals surface area contributed by atoms with Crippen LogP contribution in [0.4, 0.5) is 0 Å². The van der Waals surface area contributed by atoms with E-state index < -0.39 is 11.8 Å². The van der Waals surface area contributed by atoms with Crippen LogP contribution in [0.15, 0.2) is 36.4 Å². The summed E-state index contributed by atoms with van der Waals surface area (Å²) in [4.78, 5) is 37.8. The van der Waals surface area contributed by atoms with Crippen molar-refractivity contribution in [2.45, 2.75) is 6.42 Å². The van der Waals surface area contributed by atoms with Crippen LogP contribution in [0.3, 0.4) is 0 Å². The predicted molar refractivity (Wildman–Crippen MR) is 92.0 cm³/mol. The van der Waals surface area contributed by atoms with Gasteiger partial charge in [-0.25, -0.2) is 9.97 Å². The van der Waals surface area contributed by atoms with Crippen LogP contribution in [0.1, 0.15) is 32.4 Å². The summed E-state index contributed by atoms with van der Waals surface area (Å²) in [6.45, 7) is 0. The molecule has 8 heteroatoms. The number of fused-ring (bicyclic) bond motifs is 2. The van der Waals surface area contributed by atoms with Gasteiger partial charge >= 0.3 is 0 Å². The molecule has 0 bridgehead atoms. The summed E-state index contributed by atoms with van der Waals surface area (Å²) in [6.07, 6.45) is 0.446. The van der Waals surface area contributed by atoms with Gasteiger partial charge in [0.1, 0.15) is 11.6 Å². The van der Waals surface area contributed by atoms with Crippen molar-refractivity contribution in [1.82, 2.24) is 19.9 Å². The zero-order valence-corrected chi connectivity index (χ0v) is 13.0. The molecule has 2 amide bonds. The van der Waals surface area contributed by atoms with E-state index in [1.807, 2.05) is 0 Å². The number of H-pyrrole nitrogens is 2. The molecule has 0 aliphatic heterocycles. The molecule has 4 rings (SSSR count). The van der Waals surface area contributed by atoms with Gasteiger partial charge in [-0.3, -0.25) is 9.59 Å². The number of imidazole rings is 2. The van der Waals surface area contributed by atoms with E-state index in [0.29, 0.717) is 40.2 Å². The number of hydrogen-bond donors (Lipinski definition) is 4. The number of benzene rings is 2. The molecule has 0 saturated heterocycles. The van der Waals surface area contributed by atoms with E-state index in [4.69, 9.17) is 11.5 Å². The third-order valence-electron chi connectivity index (χ3n) is 3.97. The van der Waals surface area contributed by atoms with Crippen LogP contribution in [-0.4, -0.2) is 31.8 Å². The van der Waals surface area contributed by atoms with Crippen LogP contribution in [0.25, 0.3) is 22.1 Å². The van der Waals surface area contributed by atoms with E-state index in [0.717, 1.165) is 11.0 Å². The van der Waals surface area contributed by atoms with Gasteiger partial charge < -0.3 is 21.4 Å². The molecular formula is C17H14N6O2. The van der Waals surface area contributed by atoms with Crippen LogP contribution < -0.4 is 11.5 Å². The van der Waals surface area contributed by atoms with Crippen molar-refractivity contribution < 1.29 is 9.59 Å². The van der Waals surface area contributed by atoms with Gasteiger partial charge in [-0.05, 0) is 36.4 Å². The van der Waals surface area contributed by atoms with E-state index in [9.17, 15) is 9.59 Å². The smallest absolute Gasteiger partial charge is 0.248 e.